The summed E-state index contributed by atoms with van der Waals surface area (Å²) in [5.41, 5.74) is 0.101. The van der Waals surface area contributed by atoms with Crippen molar-refractivity contribution >= 4 is 25.8 Å². The van der Waals surface area contributed by atoms with Crippen molar-refractivity contribution in [3.8, 4) is 11.5 Å². The molecule has 1 saturated heterocycles. The summed E-state index contributed by atoms with van der Waals surface area (Å²) >= 11 is 0. The quantitative estimate of drug-likeness (QED) is 0.683. The fourth-order valence-corrected chi connectivity index (χ4v) is 4.37. The Morgan fingerprint density at radius 2 is 1.70 bits per heavy atom. The standard InChI is InChI=1S/C18H26ClNO6S/c1-18(2,3)26-17(21)20-9-7-6-8-13(20)12-10-14(24-4)16(27(19,22)23)15(11-12)25-5/h10-11,13H,6-9H2,1-5H3. The van der Waals surface area contributed by atoms with Gasteiger partial charge in [-0.15, -0.1) is 0 Å². The van der Waals surface area contributed by atoms with Gasteiger partial charge >= 0.3 is 6.09 Å². The van der Waals surface area contributed by atoms with Crippen LogP contribution in [0.3, 0.4) is 0 Å². The van der Waals surface area contributed by atoms with Gasteiger partial charge in [0.2, 0.25) is 0 Å². The molecule has 0 spiro atoms. The van der Waals surface area contributed by atoms with Crippen molar-refractivity contribution in [2.45, 2.75) is 56.6 Å². The van der Waals surface area contributed by atoms with Crippen molar-refractivity contribution in [3.05, 3.63) is 17.7 Å². The first-order valence-corrected chi connectivity index (χ1v) is 11.0. The molecule has 27 heavy (non-hydrogen) atoms. The van der Waals surface area contributed by atoms with Gasteiger partial charge in [-0.05, 0) is 57.7 Å². The van der Waals surface area contributed by atoms with Gasteiger partial charge in [-0.3, -0.25) is 0 Å². The molecule has 1 unspecified atom stereocenters. The molecule has 1 aromatic rings. The highest BCUT2D eigenvalue weighted by Crippen LogP contribution is 2.41. The number of piperidine rings is 1. The summed E-state index contributed by atoms with van der Waals surface area (Å²) in [5.74, 6) is 0.156. The molecule has 1 aliphatic heterocycles. The van der Waals surface area contributed by atoms with Crippen LogP contribution in [0.15, 0.2) is 17.0 Å². The van der Waals surface area contributed by atoms with Crippen LogP contribution in [0.5, 0.6) is 11.5 Å². The Bertz CT molecular complexity index is 778. The van der Waals surface area contributed by atoms with Crippen LogP contribution in [-0.4, -0.2) is 45.8 Å². The third-order valence-electron chi connectivity index (χ3n) is 4.24. The maximum atomic E-state index is 12.7. The normalized spacial score (nSPS) is 18.1. The van der Waals surface area contributed by atoms with E-state index in [1.165, 1.54) is 14.2 Å². The number of nitrogens with zero attached hydrogens (tertiary/aromatic N) is 1. The molecule has 0 radical (unpaired) electrons. The first-order valence-electron chi connectivity index (χ1n) is 8.68. The first-order chi connectivity index (χ1) is 12.5. The zero-order valence-electron chi connectivity index (χ0n) is 16.2. The second-order valence-electron chi connectivity index (χ2n) is 7.38. The smallest absolute Gasteiger partial charge is 0.410 e. The second kappa shape index (κ2) is 8.14. The molecular weight excluding hydrogens is 394 g/mol. The van der Waals surface area contributed by atoms with E-state index in [-0.39, 0.29) is 22.4 Å². The SMILES string of the molecule is COc1cc(C2CCCCN2C(=O)OC(C)(C)C)cc(OC)c1S(=O)(=O)Cl. The fourth-order valence-electron chi connectivity index (χ4n) is 3.15. The van der Waals surface area contributed by atoms with E-state index in [0.29, 0.717) is 12.1 Å². The van der Waals surface area contributed by atoms with Gasteiger partial charge in [0, 0.05) is 17.2 Å². The van der Waals surface area contributed by atoms with Crippen LogP contribution in [0.1, 0.15) is 51.6 Å². The van der Waals surface area contributed by atoms with Crippen LogP contribution in [0.4, 0.5) is 4.79 Å². The monoisotopic (exact) mass is 419 g/mol. The van der Waals surface area contributed by atoms with Crippen LogP contribution < -0.4 is 9.47 Å². The molecular formula is C18H26ClNO6S. The molecule has 0 aliphatic carbocycles. The molecule has 152 valence electrons. The van der Waals surface area contributed by atoms with E-state index >= 15 is 0 Å². The van der Waals surface area contributed by atoms with E-state index in [4.69, 9.17) is 24.9 Å². The molecule has 1 amide bonds. The summed E-state index contributed by atoms with van der Waals surface area (Å²) in [6.45, 7) is 6.00. The highest BCUT2D eigenvalue weighted by Gasteiger charge is 2.33. The van der Waals surface area contributed by atoms with Gasteiger partial charge in [-0.2, -0.15) is 0 Å². The molecule has 0 saturated carbocycles. The number of amides is 1. The van der Waals surface area contributed by atoms with Crippen molar-refractivity contribution in [1.29, 1.82) is 0 Å². The number of halogens is 1. The average Bonchev–Trinajstić information content (AvgIpc) is 2.58. The molecule has 1 fully saturated rings. The van der Waals surface area contributed by atoms with E-state index < -0.39 is 20.7 Å². The van der Waals surface area contributed by atoms with Gasteiger partial charge in [0.1, 0.15) is 17.1 Å². The Hall–Kier alpha value is -1.67. The molecule has 1 aromatic carbocycles. The lowest BCUT2D eigenvalue weighted by Crippen LogP contribution is -2.41. The fraction of sp³-hybridized carbons (Fsp3) is 0.611. The summed E-state index contributed by atoms with van der Waals surface area (Å²) in [6.07, 6.45) is 2.13. The van der Waals surface area contributed by atoms with Crippen LogP contribution in [0, 0.1) is 0 Å². The zero-order chi connectivity index (χ0) is 20.4. The molecule has 1 atom stereocenters. The maximum absolute atomic E-state index is 12.7. The van der Waals surface area contributed by atoms with E-state index in [9.17, 15) is 13.2 Å². The molecule has 0 N–H and O–H groups in total. The van der Waals surface area contributed by atoms with Gasteiger partial charge in [0.15, 0.2) is 4.90 Å². The van der Waals surface area contributed by atoms with Gasteiger partial charge < -0.3 is 19.1 Å². The van der Waals surface area contributed by atoms with E-state index in [1.807, 2.05) is 20.8 Å². The largest absolute Gasteiger partial charge is 0.495 e. The average molecular weight is 420 g/mol. The third kappa shape index (κ3) is 5.19. The number of rotatable bonds is 4. The Kier molecular flexibility index (Phi) is 6.52. The molecule has 0 aromatic heterocycles. The minimum atomic E-state index is -4.07. The topological polar surface area (TPSA) is 82.1 Å². The maximum Gasteiger partial charge on any atom is 0.410 e. The van der Waals surface area contributed by atoms with E-state index in [0.717, 1.165) is 19.3 Å². The van der Waals surface area contributed by atoms with Gasteiger partial charge in [0.05, 0.1) is 20.3 Å². The highest BCUT2D eigenvalue weighted by atomic mass is 35.7. The number of carbonyl (C=O) groups is 1. The number of hydrogen-bond donors (Lipinski definition) is 0. The summed E-state index contributed by atoms with van der Waals surface area (Å²) in [7, 11) is 4.19. The second-order valence-corrected chi connectivity index (χ2v) is 9.88. The minimum absolute atomic E-state index is 0.0778. The Labute approximate surface area is 164 Å². The molecule has 0 bridgehead atoms. The van der Waals surface area contributed by atoms with Crippen molar-refractivity contribution < 1.29 is 27.4 Å². The molecule has 1 heterocycles. The van der Waals surface area contributed by atoms with Crippen LogP contribution >= 0.6 is 10.7 Å². The Balaban J connectivity index is 2.49. The Morgan fingerprint density at radius 1 is 1.15 bits per heavy atom. The summed E-state index contributed by atoms with van der Waals surface area (Å²) in [5, 5.41) is 0. The minimum Gasteiger partial charge on any atom is -0.495 e. The number of hydrogen-bond acceptors (Lipinski definition) is 6. The summed E-state index contributed by atoms with van der Waals surface area (Å²) in [6, 6.07) is 2.90. The van der Waals surface area contributed by atoms with Crippen molar-refractivity contribution in [1.82, 2.24) is 4.90 Å². The van der Waals surface area contributed by atoms with Crippen LogP contribution in [-0.2, 0) is 13.8 Å². The third-order valence-corrected chi connectivity index (χ3v) is 5.60. The number of likely N-dealkylation sites (tertiary alicyclic amines) is 1. The molecule has 9 heteroatoms. The van der Waals surface area contributed by atoms with Crippen molar-refractivity contribution in [2.75, 3.05) is 20.8 Å². The van der Waals surface area contributed by atoms with E-state index in [2.05, 4.69) is 0 Å². The first kappa shape index (κ1) is 21.6. The van der Waals surface area contributed by atoms with Crippen LogP contribution in [0.2, 0.25) is 0 Å². The van der Waals surface area contributed by atoms with E-state index in [1.54, 1.807) is 17.0 Å². The number of ether oxygens (including phenoxy) is 3. The van der Waals surface area contributed by atoms with Gasteiger partial charge in [-0.1, -0.05) is 0 Å². The van der Waals surface area contributed by atoms with Gasteiger partial charge in [0.25, 0.3) is 9.05 Å². The number of carbonyl (C=O) groups excluding carboxylic acids is 1. The summed E-state index contributed by atoms with van der Waals surface area (Å²) in [4.78, 5) is 14.1. The highest BCUT2D eigenvalue weighted by molar-refractivity contribution is 8.13. The lowest BCUT2D eigenvalue weighted by molar-refractivity contribution is 0.00944. The molecule has 1 aliphatic rings. The zero-order valence-corrected chi connectivity index (χ0v) is 17.8. The van der Waals surface area contributed by atoms with Crippen molar-refractivity contribution in [3.63, 3.8) is 0 Å². The lowest BCUT2D eigenvalue weighted by Gasteiger charge is -2.37. The predicted octanol–water partition coefficient (Wildman–Crippen LogP) is 4.09. The van der Waals surface area contributed by atoms with Crippen LogP contribution in [0.25, 0.3) is 0 Å². The molecule has 2 rings (SSSR count). The lowest BCUT2D eigenvalue weighted by atomic mass is 9.95. The summed E-state index contributed by atoms with van der Waals surface area (Å²) < 4.78 is 39.9. The van der Waals surface area contributed by atoms with Crippen molar-refractivity contribution in [2.24, 2.45) is 0 Å². The van der Waals surface area contributed by atoms with Gasteiger partial charge in [-0.25, -0.2) is 13.2 Å². The number of methoxy groups -OCH3 is 2. The predicted molar refractivity (Wildman–Crippen MR) is 102 cm³/mol. The molecule has 7 nitrogen and oxygen atoms in total. The Morgan fingerprint density at radius 3 is 2.15 bits per heavy atom. The number of benzene rings is 1.